The quantitative estimate of drug-likeness (QED) is 0.574. The fourth-order valence-corrected chi connectivity index (χ4v) is 3.82. The molecule has 0 aliphatic rings. The molecule has 0 spiro atoms. The molecule has 0 radical (unpaired) electrons. The molecule has 0 saturated heterocycles. The minimum atomic E-state index is -1.25. The standard InChI is InChI=1S/C21H22N2O3S/c1-21(26,18-13-16-9-5-6-10-17(16)27-18)14-23-20(25)19(24)22-12-11-15-7-3-2-4-8-15/h2-10,13,26H,11-12,14H2,1H3,(H,22,24)(H,23,25). The fourth-order valence-electron chi connectivity index (χ4n) is 2.71. The number of amides is 2. The number of aliphatic hydroxyl groups is 1. The predicted molar refractivity (Wildman–Crippen MR) is 108 cm³/mol. The van der Waals surface area contributed by atoms with Crippen LogP contribution in [0.3, 0.4) is 0 Å². The van der Waals surface area contributed by atoms with Crippen molar-refractivity contribution in [1.29, 1.82) is 0 Å². The highest BCUT2D eigenvalue weighted by Crippen LogP contribution is 2.32. The van der Waals surface area contributed by atoms with Crippen LogP contribution in [0, 0.1) is 0 Å². The number of thiophene rings is 1. The number of carbonyl (C=O) groups excluding carboxylic acids is 2. The van der Waals surface area contributed by atoms with Crippen LogP contribution in [-0.2, 0) is 21.6 Å². The summed E-state index contributed by atoms with van der Waals surface area (Å²) in [5, 5.41) is 16.9. The number of carbonyl (C=O) groups is 2. The van der Waals surface area contributed by atoms with Crippen LogP contribution in [0.5, 0.6) is 0 Å². The van der Waals surface area contributed by atoms with Gasteiger partial charge in [0.25, 0.3) is 0 Å². The van der Waals surface area contributed by atoms with E-state index in [4.69, 9.17) is 0 Å². The summed E-state index contributed by atoms with van der Waals surface area (Å²) < 4.78 is 1.07. The van der Waals surface area contributed by atoms with Crippen LogP contribution in [0.15, 0.2) is 60.7 Å². The summed E-state index contributed by atoms with van der Waals surface area (Å²) in [5.41, 5.74) is -0.158. The SMILES string of the molecule is CC(O)(CNC(=O)C(=O)NCCc1ccccc1)c1cc2ccccc2s1. The third-order valence-electron chi connectivity index (χ3n) is 4.30. The second kappa shape index (κ2) is 8.33. The fraction of sp³-hybridized carbons (Fsp3) is 0.238. The molecule has 3 aromatic rings. The lowest BCUT2D eigenvalue weighted by Crippen LogP contribution is -2.45. The molecular weight excluding hydrogens is 360 g/mol. The molecule has 1 unspecified atom stereocenters. The Hall–Kier alpha value is -2.70. The summed E-state index contributed by atoms with van der Waals surface area (Å²) in [6, 6.07) is 19.5. The predicted octanol–water partition coefficient (Wildman–Crippen LogP) is 2.58. The maximum absolute atomic E-state index is 12.0. The van der Waals surface area contributed by atoms with Gasteiger partial charge in [-0.1, -0.05) is 48.5 Å². The molecule has 3 rings (SSSR count). The monoisotopic (exact) mass is 382 g/mol. The molecule has 6 heteroatoms. The van der Waals surface area contributed by atoms with E-state index in [0.29, 0.717) is 13.0 Å². The van der Waals surface area contributed by atoms with Crippen LogP contribution >= 0.6 is 11.3 Å². The van der Waals surface area contributed by atoms with E-state index >= 15 is 0 Å². The lowest BCUT2D eigenvalue weighted by Gasteiger charge is -2.22. The Morgan fingerprint density at radius 1 is 1.00 bits per heavy atom. The van der Waals surface area contributed by atoms with Gasteiger partial charge < -0.3 is 15.7 Å². The average Bonchev–Trinajstić information content (AvgIpc) is 3.12. The maximum atomic E-state index is 12.0. The number of hydrogen-bond donors (Lipinski definition) is 3. The maximum Gasteiger partial charge on any atom is 0.309 e. The number of nitrogens with one attached hydrogen (secondary N) is 2. The van der Waals surface area contributed by atoms with Crippen molar-refractivity contribution in [2.75, 3.05) is 13.1 Å². The lowest BCUT2D eigenvalue weighted by atomic mass is 10.0. The molecule has 1 aromatic heterocycles. The molecule has 0 bridgehead atoms. The third kappa shape index (κ3) is 4.93. The second-order valence-electron chi connectivity index (χ2n) is 6.60. The molecule has 2 amide bonds. The van der Waals surface area contributed by atoms with Gasteiger partial charge in [0.2, 0.25) is 0 Å². The Morgan fingerprint density at radius 2 is 1.67 bits per heavy atom. The number of rotatable bonds is 6. The van der Waals surface area contributed by atoms with Crippen molar-refractivity contribution in [2.45, 2.75) is 18.9 Å². The van der Waals surface area contributed by atoms with Gasteiger partial charge in [0.1, 0.15) is 5.60 Å². The molecular formula is C21H22N2O3S. The average molecular weight is 382 g/mol. The largest absolute Gasteiger partial charge is 0.383 e. The van der Waals surface area contributed by atoms with Gasteiger partial charge in [0, 0.05) is 16.1 Å². The minimum absolute atomic E-state index is 0.0369. The highest BCUT2D eigenvalue weighted by Gasteiger charge is 2.27. The first-order chi connectivity index (χ1) is 13.0. The van der Waals surface area contributed by atoms with E-state index in [1.165, 1.54) is 11.3 Å². The molecule has 0 fully saturated rings. The van der Waals surface area contributed by atoms with Gasteiger partial charge in [-0.2, -0.15) is 0 Å². The van der Waals surface area contributed by atoms with Crippen LogP contribution in [0.2, 0.25) is 0 Å². The van der Waals surface area contributed by atoms with Crippen LogP contribution < -0.4 is 10.6 Å². The zero-order valence-electron chi connectivity index (χ0n) is 15.1. The summed E-state index contributed by atoms with van der Waals surface area (Å²) in [6.45, 7) is 1.97. The Balaban J connectivity index is 1.50. The molecule has 0 aliphatic heterocycles. The Kier molecular flexibility index (Phi) is 5.88. The van der Waals surface area contributed by atoms with Gasteiger partial charge in [-0.25, -0.2) is 0 Å². The van der Waals surface area contributed by atoms with E-state index in [1.807, 2.05) is 60.7 Å². The van der Waals surface area contributed by atoms with Crippen LogP contribution in [0.1, 0.15) is 17.4 Å². The highest BCUT2D eigenvalue weighted by atomic mass is 32.1. The highest BCUT2D eigenvalue weighted by molar-refractivity contribution is 7.19. The molecule has 0 aliphatic carbocycles. The van der Waals surface area contributed by atoms with Crippen LogP contribution in [0.25, 0.3) is 10.1 Å². The van der Waals surface area contributed by atoms with E-state index < -0.39 is 17.4 Å². The van der Waals surface area contributed by atoms with E-state index in [1.54, 1.807) is 6.92 Å². The number of fused-ring (bicyclic) bond motifs is 1. The van der Waals surface area contributed by atoms with Crippen molar-refractivity contribution >= 4 is 33.2 Å². The summed E-state index contributed by atoms with van der Waals surface area (Å²) >= 11 is 1.47. The van der Waals surface area contributed by atoms with Gasteiger partial charge >= 0.3 is 11.8 Å². The van der Waals surface area contributed by atoms with Crippen molar-refractivity contribution in [1.82, 2.24) is 10.6 Å². The summed E-state index contributed by atoms with van der Waals surface area (Å²) in [7, 11) is 0. The molecule has 2 aromatic carbocycles. The molecule has 140 valence electrons. The first-order valence-electron chi connectivity index (χ1n) is 8.77. The first-order valence-corrected chi connectivity index (χ1v) is 9.59. The number of benzene rings is 2. The van der Waals surface area contributed by atoms with E-state index in [9.17, 15) is 14.7 Å². The molecule has 27 heavy (non-hydrogen) atoms. The van der Waals surface area contributed by atoms with Crippen molar-refractivity contribution in [3.63, 3.8) is 0 Å². The molecule has 1 atom stereocenters. The van der Waals surface area contributed by atoms with Gasteiger partial charge in [0.15, 0.2) is 0 Å². The van der Waals surface area contributed by atoms with Crippen molar-refractivity contribution < 1.29 is 14.7 Å². The summed E-state index contributed by atoms with van der Waals surface area (Å²) in [6.07, 6.45) is 0.652. The summed E-state index contributed by atoms with van der Waals surface area (Å²) in [5.74, 6) is -1.44. The topological polar surface area (TPSA) is 78.4 Å². The third-order valence-corrected chi connectivity index (χ3v) is 5.67. The minimum Gasteiger partial charge on any atom is -0.383 e. The first kappa shape index (κ1) is 19.1. The molecule has 1 heterocycles. The molecule has 5 nitrogen and oxygen atoms in total. The van der Waals surface area contributed by atoms with Crippen LogP contribution in [0.4, 0.5) is 0 Å². The van der Waals surface area contributed by atoms with Gasteiger partial charge in [0.05, 0.1) is 6.54 Å². The van der Waals surface area contributed by atoms with Crippen molar-refractivity contribution in [2.24, 2.45) is 0 Å². The van der Waals surface area contributed by atoms with E-state index in [0.717, 1.165) is 20.5 Å². The Morgan fingerprint density at radius 3 is 2.41 bits per heavy atom. The zero-order valence-corrected chi connectivity index (χ0v) is 15.9. The normalized spacial score (nSPS) is 13.1. The Labute approximate surface area is 162 Å². The van der Waals surface area contributed by atoms with Crippen molar-refractivity contribution in [3.8, 4) is 0 Å². The second-order valence-corrected chi connectivity index (χ2v) is 7.68. The van der Waals surface area contributed by atoms with Crippen molar-refractivity contribution in [3.05, 3.63) is 71.1 Å². The van der Waals surface area contributed by atoms with E-state index in [-0.39, 0.29) is 6.54 Å². The Bertz CT molecular complexity index is 902. The molecule has 0 saturated carbocycles. The molecule has 3 N–H and O–H groups in total. The van der Waals surface area contributed by atoms with Gasteiger partial charge in [-0.15, -0.1) is 11.3 Å². The lowest BCUT2D eigenvalue weighted by molar-refractivity contribution is -0.139. The van der Waals surface area contributed by atoms with Gasteiger partial charge in [-0.05, 0) is 36.4 Å². The summed E-state index contributed by atoms with van der Waals surface area (Å²) in [4.78, 5) is 24.7. The number of hydrogen-bond acceptors (Lipinski definition) is 4. The smallest absolute Gasteiger partial charge is 0.309 e. The van der Waals surface area contributed by atoms with Gasteiger partial charge in [-0.3, -0.25) is 9.59 Å². The van der Waals surface area contributed by atoms with E-state index in [2.05, 4.69) is 10.6 Å². The van der Waals surface area contributed by atoms with Crippen LogP contribution in [-0.4, -0.2) is 30.0 Å². The zero-order chi connectivity index (χ0) is 19.3.